The molecule has 182 valence electrons. The van der Waals surface area contributed by atoms with Gasteiger partial charge in [-0.15, -0.1) is 0 Å². The average molecular weight is 461 g/mol. The van der Waals surface area contributed by atoms with Crippen LogP contribution < -0.4 is 0 Å². The minimum Gasteiger partial charge on any atom is -0.381 e. The van der Waals surface area contributed by atoms with Gasteiger partial charge >= 0.3 is 0 Å². The Hall–Kier alpha value is -2.59. The Morgan fingerprint density at radius 1 is 1.15 bits per heavy atom. The van der Waals surface area contributed by atoms with Crippen LogP contribution in [0.5, 0.6) is 0 Å². The summed E-state index contributed by atoms with van der Waals surface area (Å²) in [6.07, 6.45) is 7.34. The fourth-order valence-corrected chi connectivity index (χ4v) is 5.49. The van der Waals surface area contributed by atoms with Crippen LogP contribution >= 0.6 is 0 Å². The Balaban J connectivity index is 1.61. The molecule has 2 aliphatic rings. The highest BCUT2D eigenvalue weighted by Gasteiger charge is 2.31. The number of aromatic nitrogens is 1. The van der Waals surface area contributed by atoms with Crippen LogP contribution in [-0.2, 0) is 9.53 Å². The predicted molar refractivity (Wildman–Crippen MR) is 142 cm³/mol. The van der Waals surface area contributed by atoms with Crippen molar-refractivity contribution in [2.75, 3.05) is 26.3 Å². The molecule has 2 aliphatic heterocycles. The molecule has 4 nitrogen and oxygen atoms in total. The number of hydrogen-bond donors (Lipinski definition) is 1. The monoisotopic (exact) mass is 460 g/mol. The van der Waals surface area contributed by atoms with Crippen molar-refractivity contribution in [2.24, 2.45) is 5.92 Å². The van der Waals surface area contributed by atoms with E-state index in [1.165, 1.54) is 38.9 Å². The van der Waals surface area contributed by atoms with E-state index in [0.717, 1.165) is 44.5 Å². The summed E-state index contributed by atoms with van der Waals surface area (Å²) in [5.74, 6) is 1.25. The van der Waals surface area contributed by atoms with Crippen molar-refractivity contribution in [1.29, 1.82) is 0 Å². The summed E-state index contributed by atoms with van der Waals surface area (Å²) in [7, 11) is 0. The summed E-state index contributed by atoms with van der Waals surface area (Å²) in [6, 6.07) is 6.93. The fraction of sp³-hybridized carbons (Fsp3) is 0.500. The van der Waals surface area contributed by atoms with Gasteiger partial charge in [-0.1, -0.05) is 49.8 Å². The van der Waals surface area contributed by atoms with Crippen molar-refractivity contribution in [3.05, 3.63) is 64.9 Å². The van der Waals surface area contributed by atoms with Gasteiger partial charge in [0.05, 0.1) is 12.5 Å². The molecule has 1 aromatic carbocycles. The number of piperidine rings is 1. The summed E-state index contributed by atoms with van der Waals surface area (Å²) in [6.45, 7) is 18.0. The predicted octanol–water partition coefficient (Wildman–Crippen LogP) is 6.96. The molecule has 0 aliphatic carbocycles. The molecule has 0 bridgehead atoms. The van der Waals surface area contributed by atoms with Gasteiger partial charge in [0, 0.05) is 36.3 Å². The van der Waals surface area contributed by atoms with Crippen molar-refractivity contribution >= 4 is 22.4 Å². The van der Waals surface area contributed by atoms with Gasteiger partial charge in [0.25, 0.3) is 0 Å². The topological polar surface area (TPSA) is 45.3 Å². The average Bonchev–Trinajstić information content (AvgIpc) is 3.45. The Morgan fingerprint density at radius 2 is 1.88 bits per heavy atom. The number of H-pyrrole nitrogens is 1. The summed E-state index contributed by atoms with van der Waals surface area (Å²) < 4.78 is 5.43. The number of likely N-dealkylation sites (tertiary alicyclic amines) is 1. The molecule has 1 amide bonds. The third-order valence-corrected chi connectivity index (χ3v) is 7.13. The number of ether oxygens (including phenoxy) is 1. The molecule has 0 radical (unpaired) electrons. The smallest absolute Gasteiger partial charge is 0.228 e. The van der Waals surface area contributed by atoms with E-state index >= 15 is 0 Å². The molecule has 2 saturated heterocycles. The van der Waals surface area contributed by atoms with E-state index in [0.29, 0.717) is 24.3 Å². The number of rotatable bonds is 6. The lowest BCUT2D eigenvalue weighted by Gasteiger charge is -2.33. The third kappa shape index (κ3) is 5.22. The van der Waals surface area contributed by atoms with Crippen LogP contribution in [0.2, 0.25) is 0 Å². The molecule has 1 atom stereocenters. The standard InChI is InChI=1S/C30H40N2O2/c1-19(2)15-25(16-20(3)4)29-28(21(5)6)26-17-23(7-8-27(26)31-29)22-9-12-32(13-10-22)30(33)24-11-14-34-18-24/h7-8,15-17,21-22,24,31H,1,9-14,18H2,2-6H3/b25-15+. The Labute approximate surface area is 204 Å². The number of benzene rings is 1. The molecule has 2 fully saturated rings. The molecule has 2 aromatic rings. The van der Waals surface area contributed by atoms with Gasteiger partial charge in [0.15, 0.2) is 0 Å². The van der Waals surface area contributed by atoms with Gasteiger partial charge in [0.2, 0.25) is 5.91 Å². The molecule has 1 unspecified atom stereocenters. The minimum atomic E-state index is 0.0713. The van der Waals surface area contributed by atoms with Crippen LogP contribution in [0.3, 0.4) is 0 Å². The molecule has 34 heavy (non-hydrogen) atoms. The number of carbonyl (C=O) groups is 1. The second kappa shape index (κ2) is 10.4. The fourth-order valence-electron chi connectivity index (χ4n) is 5.49. The number of amides is 1. The van der Waals surface area contributed by atoms with Crippen LogP contribution in [0.1, 0.15) is 82.5 Å². The summed E-state index contributed by atoms with van der Waals surface area (Å²) in [4.78, 5) is 18.6. The number of aromatic amines is 1. The van der Waals surface area contributed by atoms with Crippen molar-refractivity contribution in [2.45, 2.75) is 65.7 Å². The zero-order chi connectivity index (χ0) is 24.4. The summed E-state index contributed by atoms with van der Waals surface area (Å²) in [5.41, 5.74) is 8.66. The maximum atomic E-state index is 12.8. The van der Waals surface area contributed by atoms with E-state index in [9.17, 15) is 4.79 Å². The van der Waals surface area contributed by atoms with Gasteiger partial charge < -0.3 is 14.6 Å². The maximum absolute atomic E-state index is 12.8. The number of hydrogen-bond acceptors (Lipinski definition) is 2. The van der Waals surface area contributed by atoms with E-state index in [2.05, 4.69) is 74.5 Å². The lowest BCUT2D eigenvalue weighted by Crippen LogP contribution is -2.41. The van der Waals surface area contributed by atoms with E-state index in [1.54, 1.807) is 0 Å². The minimum absolute atomic E-state index is 0.0713. The molecule has 4 rings (SSSR count). The first kappa shape index (κ1) is 24.5. The Morgan fingerprint density at radius 3 is 2.47 bits per heavy atom. The summed E-state index contributed by atoms with van der Waals surface area (Å²) in [5, 5.41) is 1.32. The maximum Gasteiger partial charge on any atom is 0.228 e. The van der Waals surface area contributed by atoms with Gasteiger partial charge in [-0.3, -0.25) is 4.79 Å². The molecule has 0 spiro atoms. The van der Waals surface area contributed by atoms with Crippen LogP contribution in [0, 0.1) is 5.92 Å². The Bertz CT molecular complexity index is 1120. The quantitative estimate of drug-likeness (QED) is 0.474. The van der Waals surface area contributed by atoms with Crippen molar-refractivity contribution in [3.8, 4) is 0 Å². The second-order valence-electron chi connectivity index (χ2n) is 10.7. The van der Waals surface area contributed by atoms with Gasteiger partial charge in [-0.05, 0) is 80.7 Å². The third-order valence-electron chi connectivity index (χ3n) is 7.13. The summed E-state index contributed by atoms with van der Waals surface area (Å²) >= 11 is 0. The second-order valence-corrected chi connectivity index (χ2v) is 10.7. The van der Waals surface area contributed by atoms with E-state index < -0.39 is 0 Å². The molecule has 3 heterocycles. The highest BCUT2D eigenvalue weighted by molar-refractivity contribution is 5.92. The normalized spacial score (nSPS) is 19.8. The molecule has 1 aromatic heterocycles. The highest BCUT2D eigenvalue weighted by atomic mass is 16.5. The van der Waals surface area contributed by atoms with Crippen molar-refractivity contribution in [3.63, 3.8) is 0 Å². The number of fused-ring (bicyclic) bond motifs is 1. The molecule has 0 saturated carbocycles. The SMILES string of the molecule is C=C(C)/C=C(\C=C(C)C)c1[nH]c2ccc(C3CCN(C(=O)C4CCOC4)CC3)cc2c1C(C)C. The number of nitrogens with one attached hydrogen (secondary N) is 1. The zero-order valence-electron chi connectivity index (χ0n) is 21.5. The molecular formula is C30H40N2O2. The van der Waals surface area contributed by atoms with Crippen LogP contribution in [-0.4, -0.2) is 42.1 Å². The highest BCUT2D eigenvalue weighted by Crippen LogP contribution is 2.37. The van der Waals surface area contributed by atoms with Crippen molar-refractivity contribution in [1.82, 2.24) is 9.88 Å². The first-order valence-electron chi connectivity index (χ1n) is 12.8. The van der Waals surface area contributed by atoms with E-state index in [-0.39, 0.29) is 5.92 Å². The van der Waals surface area contributed by atoms with Gasteiger partial charge in [0.1, 0.15) is 0 Å². The number of carbonyl (C=O) groups excluding carboxylic acids is 1. The van der Waals surface area contributed by atoms with Crippen LogP contribution in [0.25, 0.3) is 16.5 Å². The first-order chi connectivity index (χ1) is 16.2. The van der Waals surface area contributed by atoms with E-state index in [4.69, 9.17) is 4.74 Å². The van der Waals surface area contributed by atoms with E-state index in [1.807, 2.05) is 6.92 Å². The largest absolute Gasteiger partial charge is 0.381 e. The Kier molecular flexibility index (Phi) is 7.47. The number of nitrogens with zero attached hydrogens (tertiary/aromatic N) is 1. The van der Waals surface area contributed by atoms with Crippen molar-refractivity contribution < 1.29 is 9.53 Å². The number of allylic oxidation sites excluding steroid dienone is 5. The van der Waals surface area contributed by atoms with Crippen LogP contribution in [0.4, 0.5) is 0 Å². The molecule has 4 heteroatoms. The molecule has 1 N–H and O–H groups in total. The van der Waals surface area contributed by atoms with Gasteiger partial charge in [-0.2, -0.15) is 0 Å². The van der Waals surface area contributed by atoms with Gasteiger partial charge in [-0.25, -0.2) is 0 Å². The zero-order valence-corrected chi connectivity index (χ0v) is 21.5. The lowest BCUT2D eigenvalue weighted by molar-refractivity contribution is -0.136. The first-order valence-corrected chi connectivity index (χ1v) is 12.8. The van der Waals surface area contributed by atoms with Crippen LogP contribution in [0.15, 0.2) is 48.1 Å². The lowest BCUT2D eigenvalue weighted by atomic mass is 9.87. The molecular weight excluding hydrogens is 420 g/mol.